The van der Waals surface area contributed by atoms with Gasteiger partial charge in [-0.2, -0.15) is 0 Å². The Morgan fingerprint density at radius 3 is 2.48 bits per heavy atom. The lowest BCUT2D eigenvalue weighted by Crippen LogP contribution is -2.41. The van der Waals surface area contributed by atoms with Gasteiger partial charge in [0, 0.05) is 12.5 Å². The van der Waals surface area contributed by atoms with Crippen molar-refractivity contribution in [3.63, 3.8) is 0 Å². The van der Waals surface area contributed by atoms with E-state index in [4.69, 9.17) is 4.74 Å². The second-order valence-corrected chi connectivity index (χ2v) is 8.96. The summed E-state index contributed by atoms with van der Waals surface area (Å²) in [6.07, 6.45) is 3.33. The molecule has 0 aromatic heterocycles. The van der Waals surface area contributed by atoms with Crippen LogP contribution in [0.15, 0.2) is 54.6 Å². The van der Waals surface area contributed by atoms with Gasteiger partial charge < -0.3 is 10.1 Å². The quantitative estimate of drug-likeness (QED) is 0.338. The first-order valence-electron chi connectivity index (χ1n) is 11.1. The summed E-state index contributed by atoms with van der Waals surface area (Å²) in [5.41, 5.74) is 1.23. The van der Waals surface area contributed by atoms with Gasteiger partial charge in [-0.3, -0.25) is 10.1 Å². The number of hydrogen-bond acceptors (Lipinski definition) is 5. The van der Waals surface area contributed by atoms with Crippen molar-refractivity contribution in [3.8, 4) is 0 Å². The molecule has 2 aromatic rings. The molecule has 2 aromatic carbocycles. The van der Waals surface area contributed by atoms with Crippen LogP contribution in [0.3, 0.4) is 0 Å². The zero-order valence-corrected chi connectivity index (χ0v) is 18.5. The van der Waals surface area contributed by atoms with Crippen LogP contribution in [0.4, 0.5) is 11.4 Å². The van der Waals surface area contributed by atoms with Crippen molar-refractivity contribution in [1.29, 1.82) is 0 Å². The summed E-state index contributed by atoms with van der Waals surface area (Å²) in [6.45, 7) is 6.55. The van der Waals surface area contributed by atoms with E-state index in [0.29, 0.717) is 29.9 Å². The van der Waals surface area contributed by atoms with Crippen LogP contribution in [0.1, 0.15) is 45.6 Å². The lowest BCUT2D eigenvalue weighted by molar-refractivity contribution is -0.384. The fourth-order valence-corrected chi connectivity index (χ4v) is 4.47. The second-order valence-electron chi connectivity index (χ2n) is 8.96. The van der Waals surface area contributed by atoms with Crippen molar-refractivity contribution in [3.05, 3.63) is 70.3 Å². The van der Waals surface area contributed by atoms with Crippen LogP contribution < -0.4 is 5.32 Å². The molecule has 0 spiro atoms. The van der Waals surface area contributed by atoms with Gasteiger partial charge >= 0.3 is 5.97 Å². The first-order valence-corrected chi connectivity index (χ1v) is 11.1. The highest BCUT2D eigenvalue weighted by molar-refractivity contribution is 5.81. The van der Waals surface area contributed by atoms with E-state index in [9.17, 15) is 14.9 Å². The van der Waals surface area contributed by atoms with E-state index in [1.165, 1.54) is 6.07 Å². The minimum atomic E-state index is -0.714. The Hall–Kier alpha value is -2.89. The molecule has 6 nitrogen and oxygen atoms in total. The number of esters is 1. The molecule has 1 N–H and O–H groups in total. The summed E-state index contributed by atoms with van der Waals surface area (Å²) in [5.74, 6) is 0.930. The summed E-state index contributed by atoms with van der Waals surface area (Å²) >= 11 is 0. The van der Waals surface area contributed by atoms with Crippen molar-refractivity contribution in [2.24, 2.45) is 17.8 Å². The third-order valence-corrected chi connectivity index (χ3v) is 6.23. The summed E-state index contributed by atoms with van der Waals surface area (Å²) < 4.78 is 6.07. The zero-order valence-electron chi connectivity index (χ0n) is 18.5. The average Bonchev–Trinajstić information content (AvgIpc) is 2.74. The second kappa shape index (κ2) is 10.4. The Bertz CT molecular complexity index is 884. The third-order valence-electron chi connectivity index (χ3n) is 6.23. The van der Waals surface area contributed by atoms with E-state index in [0.717, 1.165) is 24.8 Å². The van der Waals surface area contributed by atoms with E-state index >= 15 is 0 Å². The summed E-state index contributed by atoms with van der Waals surface area (Å²) in [7, 11) is 0. The van der Waals surface area contributed by atoms with Gasteiger partial charge in [-0.1, -0.05) is 69.7 Å². The number of carbonyl (C=O) groups is 1. The zero-order chi connectivity index (χ0) is 22.4. The summed E-state index contributed by atoms with van der Waals surface area (Å²) in [5, 5.41) is 14.6. The number of rotatable bonds is 8. The minimum Gasteiger partial charge on any atom is -0.461 e. The standard InChI is InChI=1S/C25H32N2O4/c1-17(2)20-14-13-18(3)15-24(20)31-25(28)22(16-19-9-5-4-6-10-19)26-21-11-7-8-12-23(21)27(29)30/h4-12,17-18,20,22,24,26H,13-16H2,1-3H3/t18?,20?,22?,24-/m1/s1. The van der Waals surface area contributed by atoms with E-state index in [1.54, 1.807) is 18.2 Å². The van der Waals surface area contributed by atoms with Crippen LogP contribution in [-0.2, 0) is 16.0 Å². The van der Waals surface area contributed by atoms with Gasteiger partial charge in [0.2, 0.25) is 0 Å². The first-order chi connectivity index (χ1) is 14.8. The highest BCUT2D eigenvalue weighted by Gasteiger charge is 2.35. The van der Waals surface area contributed by atoms with E-state index in [1.807, 2.05) is 30.3 Å². The number of anilines is 1. The SMILES string of the molecule is CC1CCC(C(C)C)[C@H](OC(=O)C(Cc2ccccc2)Nc2ccccc2[N+](=O)[O-])C1. The maximum absolute atomic E-state index is 13.3. The fourth-order valence-electron chi connectivity index (χ4n) is 4.47. The molecule has 0 saturated heterocycles. The Kier molecular flexibility index (Phi) is 7.66. The van der Waals surface area contributed by atoms with Gasteiger partial charge in [-0.25, -0.2) is 4.79 Å². The van der Waals surface area contributed by atoms with Crippen molar-refractivity contribution in [2.45, 2.75) is 58.6 Å². The van der Waals surface area contributed by atoms with Crippen LogP contribution >= 0.6 is 0 Å². The predicted molar refractivity (Wildman–Crippen MR) is 122 cm³/mol. The van der Waals surface area contributed by atoms with E-state index in [2.05, 4.69) is 26.1 Å². The number of nitro groups is 1. The molecule has 1 aliphatic carbocycles. The number of para-hydroxylation sites is 2. The molecular formula is C25H32N2O4. The van der Waals surface area contributed by atoms with Gasteiger partial charge in [-0.05, 0) is 42.2 Å². The predicted octanol–water partition coefficient (Wildman–Crippen LogP) is 5.62. The Morgan fingerprint density at radius 2 is 1.81 bits per heavy atom. The maximum atomic E-state index is 13.3. The molecule has 166 valence electrons. The van der Waals surface area contributed by atoms with Gasteiger partial charge in [0.05, 0.1) is 4.92 Å². The molecule has 4 atom stereocenters. The fraction of sp³-hybridized carbons (Fsp3) is 0.480. The van der Waals surface area contributed by atoms with Crippen LogP contribution in [-0.4, -0.2) is 23.0 Å². The molecule has 3 unspecified atom stereocenters. The minimum absolute atomic E-state index is 0.0558. The normalized spacial score (nSPS) is 22.0. The van der Waals surface area contributed by atoms with Crippen molar-refractivity contribution in [2.75, 3.05) is 5.32 Å². The molecule has 0 heterocycles. The largest absolute Gasteiger partial charge is 0.461 e. The van der Waals surface area contributed by atoms with Crippen molar-refractivity contribution < 1.29 is 14.5 Å². The van der Waals surface area contributed by atoms with Crippen LogP contribution in [0, 0.1) is 27.9 Å². The molecule has 0 aliphatic heterocycles. The topological polar surface area (TPSA) is 81.5 Å². The van der Waals surface area contributed by atoms with E-state index in [-0.39, 0.29) is 17.8 Å². The number of carbonyl (C=O) groups excluding carboxylic acids is 1. The van der Waals surface area contributed by atoms with Crippen LogP contribution in [0.2, 0.25) is 0 Å². The summed E-state index contributed by atoms with van der Waals surface area (Å²) in [4.78, 5) is 24.3. The molecule has 3 rings (SSSR count). The smallest absolute Gasteiger partial charge is 0.329 e. The molecule has 1 fully saturated rings. The van der Waals surface area contributed by atoms with Gasteiger partial charge in [0.25, 0.3) is 5.69 Å². The number of hydrogen-bond donors (Lipinski definition) is 1. The molecule has 0 radical (unpaired) electrons. The molecule has 1 aliphatic rings. The van der Waals surface area contributed by atoms with Crippen LogP contribution in [0.25, 0.3) is 0 Å². The summed E-state index contributed by atoms with van der Waals surface area (Å²) in [6, 6.07) is 15.3. The van der Waals surface area contributed by atoms with Gasteiger partial charge in [-0.15, -0.1) is 0 Å². The first kappa shape index (κ1) is 22.8. The lowest BCUT2D eigenvalue weighted by Gasteiger charge is -2.37. The maximum Gasteiger partial charge on any atom is 0.329 e. The van der Waals surface area contributed by atoms with Gasteiger partial charge in [0.15, 0.2) is 0 Å². The molecule has 1 saturated carbocycles. The van der Waals surface area contributed by atoms with Crippen LogP contribution in [0.5, 0.6) is 0 Å². The monoisotopic (exact) mass is 424 g/mol. The number of ether oxygens (including phenoxy) is 1. The average molecular weight is 425 g/mol. The number of nitrogens with zero attached hydrogens (tertiary/aromatic N) is 1. The number of benzene rings is 2. The molecule has 0 amide bonds. The Labute approximate surface area is 184 Å². The van der Waals surface area contributed by atoms with Gasteiger partial charge in [0.1, 0.15) is 17.8 Å². The Balaban J connectivity index is 1.83. The molecule has 6 heteroatoms. The lowest BCUT2D eigenvalue weighted by atomic mass is 9.75. The van der Waals surface area contributed by atoms with E-state index < -0.39 is 11.0 Å². The van der Waals surface area contributed by atoms with Crippen molar-refractivity contribution in [1.82, 2.24) is 0 Å². The highest BCUT2D eigenvalue weighted by Crippen LogP contribution is 2.36. The third kappa shape index (κ3) is 6.06. The Morgan fingerprint density at radius 1 is 1.13 bits per heavy atom. The molecule has 31 heavy (non-hydrogen) atoms. The van der Waals surface area contributed by atoms with Crippen molar-refractivity contribution >= 4 is 17.3 Å². The molecular weight excluding hydrogens is 392 g/mol. The molecule has 0 bridgehead atoms. The highest BCUT2D eigenvalue weighted by atomic mass is 16.6. The number of nitrogens with one attached hydrogen (secondary N) is 1. The number of nitro benzene ring substituents is 1.